The molecular weight excluding hydrogens is 238 g/mol. The molecule has 0 aliphatic rings. The molecule has 0 unspecified atom stereocenters. The normalized spacial score (nSPS) is 10.4. The van der Waals surface area contributed by atoms with Crippen LogP contribution in [0.25, 0.3) is 0 Å². The molecule has 0 nitrogen and oxygen atoms in total. The van der Waals surface area contributed by atoms with E-state index in [0.29, 0.717) is 12.0 Å². The topological polar surface area (TPSA) is 0 Å². The Bertz CT molecular complexity index is 274. The van der Waals surface area contributed by atoms with E-state index in [1.54, 1.807) is 0 Å². The van der Waals surface area contributed by atoms with Gasteiger partial charge in [0.15, 0.2) is 0 Å². The first-order chi connectivity index (χ1) is 6.24. The van der Waals surface area contributed by atoms with Crippen molar-refractivity contribution in [3.63, 3.8) is 0 Å². The monoisotopic (exact) mass is 248 g/mol. The summed E-state index contributed by atoms with van der Waals surface area (Å²) in [5.41, 5.74) is 0.473. The summed E-state index contributed by atoms with van der Waals surface area (Å²) in [7, 11) is 0. The van der Waals surface area contributed by atoms with E-state index in [1.165, 1.54) is 12.1 Å². The molecule has 0 fully saturated rings. The van der Waals surface area contributed by atoms with E-state index >= 15 is 0 Å². The smallest absolute Gasteiger partial charge is 0.126 e. The minimum absolute atomic E-state index is 0.309. The van der Waals surface area contributed by atoms with Crippen LogP contribution in [0.3, 0.4) is 0 Å². The Balaban J connectivity index is 2.59. The standard InChI is InChI=1S/C10H11BrF2/c11-6-2-1-3-8-7-9(12)4-5-10(8)13/h4-5,7H,1-3,6H2. The van der Waals surface area contributed by atoms with Crippen molar-refractivity contribution in [3.8, 4) is 0 Å². The van der Waals surface area contributed by atoms with Crippen LogP contribution in [-0.4, -0.2) is 5.33 Å². The molecule has 0 aliphatic carbocycles. The third-order valence-corrected chi connectivity index (χ3v) is 2.40. The summed E-state index contributed by atoms with van der Waals surface area (Å²) in [6.45, 7) is 0. The Hall–Kier alpha value is -0.440. The van der Waals surface area contributed by atoms with Crippen LogP contribution in [-0.2, 0) is 6.42 Å². The first-order valence-electron chi connectivity index (χ1n) is 4.24. The Morgan fingerprint density at radius 2 is 1.92 bits per heavy atom. The van der Waals surface area contributed by atoms with E-state index in [2.05, 4.69) is 15.9 Å². The fourth-order valence-corrected chi connectivity index (χ4v) is 1.54. The molecule has 0 saturated carbocycles. The lowest BCUT2D eigenvalue weighted by molar-refractivity contribution is 0.580. The fraction of sp³-hybridized carbons (Fsp3) is 0.400. The van der Waals surface area contributed by atoms with Crippen molar-refractivity contribution in [1.29, 1.82) is 0 Å². The highest BCUT2D eigenvalue weighted by Crippen LogP contribution is 2.12. The zero-order valence-corrected chi connectivity index (χ0v) is 8.78. The third-order valence-electron chi connectivity index (χ3n) is 1.84. The molecule has 0 atom stereocenters. The number of halogens is 3. The van der Waals surface area contributed by atoms with Crippen LogP contribution in [0.5, 0.6) is 0 Å². The highest BCUT2D eigenvalue weighted by Gasteiger charge is 2.02. The van der Waals surface area contributed by atoms with Gasteiger partial charge in [0.1, 0.15) is 11.6 Å². The number of aryl methyl sites for hydroxylation is 1. The van der Waals surface area contributed by atoms with Crippen molar-refractivity contribution >= 4 is 15.9 Å². The van der Waals surface area contributed by atoms with Gasteiger partial charge in [0, 0.05) is 5.33 Å². The maximum Gasteiger partial charge on any atom is 0.126 e. The SMILES string of the molecule is Fc1ccc(F)c(CCCCBr)c1. The van der Waals surface area contributed by atoms with Gasteiger partial charge in [0.2, 0.25) is 0 Å². The van der Waals surface area contributed by atoms with Gasteiger partial charge in [-0.15, -0.1) is 0 Å². The molecule has 0 bridgehead atoms. The first kappa shape index (κ1) is 10.6. The van der Waals surface area contributed by atoms with Gasteiger partial charge in [0.05, 0.1) is 0 Å². The maximum absolute atomic E-state index is 13.0. The number of benzene rings is 1. The molecule has 13 heavy (non-hydrogen) atoms. The van der Waals surface area contributed by atoms with E-state index in [-0.39, 0.29) is 11.6 Å². The van der Waals surface area contributed by atoms with Crippen LogP contribution in [0, 0.1) is 11.6 Å². The van der Waals surface area contributed by atoms with Crippen LogP contribution >= 0.6 is 15.9 Å². The molecular formula is C10H11BrF2. The Kier molecular flexibility index (Phi) is 4.36. The second kappa shape index (κ2) is 5.32. The summed E-state index contributed by atoms with van der Waals surface area (Å²) in [5, 5.41) is 0.907. The van der Waals surface area contributed by atoms with Gasteiger partial charge in [-0.05, 0) is 43.0 Å². The van der Waals surface area contributed by atoms with Gasteiger partial charge < -0.3 is 0 Å². The first-order valence-corrected chi connectivity index (χ1v) is 5.36. The molecule has 1 rings (SSSR count). The van der Waals surface area contributed by atoms with E-state index in [0.717, 1.165) is 24.2 Å². The van der Waals surface area contributed by atoms with Crippen molar-refractivity contribution in [1.82, 2.24) is 0 Å². The lowest BCUT2D eigenvalue weighted by atomic mass is 10.1. The lowest BCUT2D eigenvalue weighted by Gasteiger charge is -2.01. The average Bonchev–Trinajstić information content (AvgIpc) is 2.11. The number of alkyl halides is 1. The molecule has 0 saturated heterocycles. The van der Waals surface area contributed by atoms with Crippen molar-refractivity contribution in [2.24, 2.45) is 0 Å². The molecule has 0 aliphatic heterocycles. The third kappa shape index (κ3) is 3.43. The molecule has 72 valence electrons. The van der Waals surface area contributed by atoms with Crippen LogP contribution < -0.4 is 0 Å². The predicted octanol–water partition coefficient (Wildman–Crippen LogP) is 3.68. The second-order valence-electron chi connectivity index (χ2n) is 2.88. The summed E-state index contributed by atoms with van der Waals surface area (Å²) in [6, 6.07) is 3.59. The van der Waals surface area contributed by atoms with Crippen molar-refractivity contribution in [2.45, 2.75) is 19.3 Å². The van der Waals surface area contributed by atoms with E-state index < -0.39 is 0 Å². The number of hydrogen-bond acceptors (Lipinski definition) is 0. The van der Waals surface area contributed by atoms with Gasteiger partial charge in [-0.25, -0.2) is 8.78 Å². The largest absolute Gasteiger partial charge is 0.207 e. The highest BCUT2D eigenvalue weighted by atomic mass is 79.9. The summed E-state index contributed by atoms with van der Waals surface area (Å²) < 4.78 is 25.7. The molecule has 0 radical (unpaired) electrons. The van der Waals surface area contributed by atoms with Crippen molar-refractivity contribution < 1.29 is 8.78 Å². The van der Waals surface area contributed by atoms with Crippen molar-refractivity contribution in [2.75, 3.05) is 5.33 Å². The Morgan fingerprint density at radius 3 is 2.62 bits per heavy atom. The average molecular weight is 249 g/mol. The molecule has 0 spiro atoms. The minimum Gasteiger partial charge on any atom is -0.207 e. The Morgan fingerprint density at radius 1 is 1.15 bits per heavy atom. The summed E-state index contributed by atoms with van der Waals surface area (Å²) in [5.74, 6) is -0.675. The lowest BCUT2D eigenvalue weighted by Crippen LogP contribution is -1.92. The molecule has 0 heterocycles. The van der Waals surface area contributed by atoms with Crippen LogP contribution in [0.1, 0.15) is 18.4 Å². The van der Waals surface area contributed by atoms with Gasteiger partial charge in [-0.1, -0.05) is 15.9 Å². The van der Waals surface area contributed by atoms with Crippen molar-refractivity contribution in [3.05, 3.63) is 35.4 Å². The maximum atomic E-state index is 13.0. The summed E-state index contributed by atoms with van der Waals surface area (Å²) in [6.07, 6.45) is 2.47. The van der Waals surface area contributed by atoms with Crippen LogP contribution in [0.2, 0.25) is 0 Å². The predicted molar refractivity (Wildman–Crippen MR) is 53.1 cm³/mol. The second-order valence-corrected chi connectivity index (χ2v) is 3.67. The fourth-order valence-electron chi connectivity index (χ4n) is 1.14. The van der Waals surface area contributed by atoms with Gasteiger partial charge in [-0.2, -0.15) is 0 Å². The Labute approximate surface area is 85.1 Å². The van der Waals surface area contributed by atoms with Gasteiger partial charge in [-0.3, -0.25) is 0 Å². The molecule has 0 N–H and O–H groups in total. The number of unbranched alkanes of at least 4 members (excludes halogenated alkanes) is 1. The minimum atomic E-state index is -0.366. The van der Waals surface area contributed by atoms with E-state index in [9.17, 15) is 8.78 Å². The molecule has 1 aromatic carbocycles. The summed E-state index contributed by atoms with van der Waals surface area (Å²) in [4.78, 5) is 0. The number of rotatable bonds is 4. The zero-order valence-electron chi connectivity index (χ0n) is 7.19. The van der Waals surface area contributed by atoms with E-state index in [1.807, 2.05) is 0 Å². The number of hydrogen-bond donors (Lipinski definition) is 0. The van der Waals surface area contributed by atoms with Gasteiger partial charge >= 0.3 is 0 Å². The quantitative estimate of drug-likeness (QED) is 0.564. The molecule has 0 amide bonds. The molecule has 1 aromatic rings. The zero-order chi connectivity index (χ0) is 9.68. The summed E-state index contributed by atoms with van der Waals surface area (Å²) >= 11 is 3.29. The van der Waals surface area contributed by atoms with Crippen LogP contribution in [0.15, 0.2) is 18.2 Å². The van der Waals surface area contributed by atoms with E-state index in [4.69, 9.17) is 0 Å². The molecule has 0 aromatic heterocycles. The molecule has 3 heteroatoms. The highest BCUT2D eigenvalue weighted by molar-refractivity contribution is 9.09. The van der Waals surface area contributed by atoms with Crippen LogP contribution in [0.4, 0.5) is 8.78 Å². The van der Waals surface area contributed by atoms with Gasteiger partial charge in [0.25, 0.3) is 0 Å².